The van der Waals surface area contributed by atoms with Crippen LogP contribution in [-0.4, -0.2) is 138 Å². The first-order chi connectivity index (χ1) is 32.0. The Morgan fingerprint density at radius 1 is 0.397 bits per heavy atom. The fraction of sp³-hybridized carbons (Fsp3) is 0.238. The Balaban J connectivity index is 2.29. The lowest BCUT2D eigenvalue weighted by molar-refractivity contribution is -0.147. The molecular formula is C42H38N4O22. The van der Waals surface area contributed by atoms with Crippen LogP contribution in [0, 0.1) is 0 Å². The van der Waals surface area contributed by atoms with Crippen molar-refractivity contribution < 1.29 is 107 Å². The molecule has 0 spiro atoms. The predicted molar refractivity (Wildman–Crippen MR) is 218 cm³/mol. The number of carbonyl (C=O) groups excluding carboxylic acids is 8. The molecular weight excluding hydrogens is 912 g/mol. The first-order valence-electron chi connectivity index (χ1n) is 19.2. The third kappa shape index (κ3) is 16.0. The lowest BCUT2D eigenvalue weighted by atomic mass is 9.92. The summed E-state index contributed by atoms with van der Waals surface area (Å²) in [5.41, 5.74) is -4.25. The first-order valence-corrected chi connectivity index (χ1v) is 19.2. The molecule has 0 aromatic heterocycles. The van der Waals surface area contributed by atoms with E-state index in [0.29, 0.717) is 23.3 Å². The van der Waals surface area contributed by atoms with Gasteiger partial charge >= 0.3 is 47.8 Å². The highest BCUT2D eigenvalue weighted by Gasteiger charge is 2.37. The summed E-state index contributed by atoms with van der Waals surface area (Å²) in [7, 11) is 0. The van der Waals surface area contributed by atoms with Crippen LogP contribution in [0.5, 0.6) is 0 Å². The normalized spacial score (nSPS) is 12.2. The summed E-state index contributed by atoms with van der Waals surface area (Å²) in [6.07, 6.45) is -5.24. The van der Waals surface area contributed by atoms with Crippen LogP contribution >= 0.6 is 0 Å². The van der Waals surface area contributed by atoms with Crippen LogP contribution in [0.1, 0.15) is 78.2 Å². The average molecular weight is 951 g/mol. The highest BCUT2D eigenvalue weighted by molar-refractivity contribution is 6.44. The summed E-state index contributed by atoms with van der Waals surface area (Å²) in [4.78, 5) is 178. The summed E-state index contributed by atoms with van der Waals surface area (Å²) >= 11 is 0. The van der Waals surface area contributed by atoms with Gasteiger partial charge in [-0.3, -0.25) is 47.9 Å². The van der Waals surface area contributed by atoms with Crippen molar-refractivity contribution >= 4 is 82.9 Å². The van der Waals surface area contributed by atoms with E-state index in [4.69, 9.17) is 19.7 Å². The second-order valence-electron chi connectivity index (χ2n) is 14.0. The molecule has 3 aromatic rings. The van der Waals surface area contributed by atoms with Crippen molar-refractivity contribution in [2.45, 2.75) is 63.1 Å². The molecule has 2 unspecified atom stereocenters. The van der Waals surface area contributed by atoms with Gasteiger partial charge in [-0.2, -0.15) is 0 Å². The quantitative estimate of drug-likeness (QED) is 0.0256. The molecule has 68 heavy (non-hydrogen) atoms. The topological polar surface area (TPSA) is 427 Å². The SMILES string of the molecule is O=C(O)CC(NC(=O)c1cc(C(=O)C(=O)OCc2ccccc2)c(C(=O)NC(CC(=O)O)C(=O)N[C@H](CC(=O)O)C(=O)O)cc1C(=O)C(=O)OCc1ccccc1)C(=O)N[C@H](CC(=O)O)C(=O)O. The van der Waals surface area contributed by atoms with Crippen molar-refractivity contribution in [2.24, 2.45) is 0 Å². The molecule has 0 aliphatic heterocycles. The number of nitrogens with one attached hydrogen (secondary N) is 4. The molecule has 0 aliphatic rings. The van der Waals surface area contributed by atoms with Gasteiger partial charge in [-0.1, -0.05) is 60.7 Å². The fourth-order valence-corrected chi connectivity index (χ4v) is 5.68. The number of carboxylic acids is 6. The Morgan fingerprint density at radius 2 is 0.691 bits per heavy atom. The standard InChI is InChI=1S/C42H38N4O22/c47-29(48)13-25(37(59)45-27(39(61)62)15-31(51)52)43-35(57)23-12-22(34(56)42(66)68-18-20-9-5-2-6-10-20)24(11-21(23)33(55)41(65)67-17-19-7-3-1-4-8-19)36(58)44-26(14-30(49)50)38(60)46-28(40(63)64)16-32(53)54/h1-12,25-28H,13-18H2,(H,43,57)(H,44,58)(H,45,59)(H,46,60)(H,47,48)(H,49,50)(H,51,52)(H,53,54)(H,61,62)(H,63,64)/t25?,26?,27-,28-/m1/s1. The Kier molecular flexibility index (Phi) is 19.2. The zero-order valence-corrected chi connectivity index (χ0v) is 34.7. The van der Waals surface area contributed by atoms with Gasteiger partial charge in [0.15, 0.2) is 0 Å². The number of amides is 4. The monoisotopic (exact) mass is 950 g/mol. The van der Waals surface area contributed by atoms with Crippen LogP contribution in [0.3, 0.4) is 0 Å². The minimum Gasteiger partial charge on any atom is -0.481 e. The van der Waals surface area contributed by atoms with Crippen molar-refractivity contribution in [1.82, 2.24) is 21.3 Å². The van der Waals surface area contributed by atoms with E-state index < -0.39 is 168 Å². The maximum Gasteiger partial charge on any atom is 0.380 e. The number of ether oxygens (including phenoxy) is 2. The van der Waals surface area contributed by atoms with E-state index in [0.717, 1.165) is 0 Å². The van der Waals surface area contributed by atoms with Crippen molar-refractivity contribution in [2.75, 3.05) is 0 Å². The number of rotatable bonds is 26. The second kappa shape index (κ2) is 24.6. The molecule has 0 radical (unpaired) electrons. The van der Waals surface area contributed by atoms with E-state index in [9.17, 15) is 87.5 Å². The number of hydrogen-bond acceptors (Lipinski definition) is 16. The smallest absolute Gasteiger partial charge is 0.380 e. The molecule has 0 fully saturated rings. The van der Waals surface area contributed by atoms with Gasteiger partial charge in [0, 0.05) is 11.1 Å². The van der Waals surface area contributed by atoms with E-state index >= 15 is 0 Å². The maximum atomic E-state index is 14.1. The molecule has 3 aromatic carbocycles. The summed E-state index contributed by atoms with van der Waals surface area (Å²) in [5.74, 6) is -24.9. The third-order valence-electron chi connectivity index (χ3n) is 8.92. The van der Waals surface area contributed by atoms with Crippen LogP contribution in [0.2, 0.25) is 0 Å². The highest BCUT2D eigenvalue weighted by Crippen LogP contribution is 2.22. The van der Waals surface area contributed by atoms with Gasteiger partial charge in [-0.15, -0.1) is 0 Å². The molecule has 0 saturated carbocycles. The Bertz CT molecular complexity index is 2350. The van der Waals surface area contributed by atoms with E-state index in [1.807, 2.05) is 10.6 Å². The third-order valence-corrected chi connectivity index (χ3v) is 8.92. The number of ketones is 2. The number of aliphatic carboxylic acids is 6. The molecule has 0 aliphatic carbocycles. The zero-order chi connectivity index (χ0) is 50.8. The molecule has 0 saturated heterocycles. The van der Waals surface area contributed by atoms with Crippen LogP contribution in [0.15, 0.2) is 72.8 Å². The number of carbonyl (C=O) groups is 14. The zero-order valence-electron chi connectivity index (χ0n) is 34.7. The number of esters is 2. The minimum absolute atomic E-state index is 0.299. The van der Waals surface area contributed by atoms with Crippen LogP contribution in [0.25, 0.3) is 0 Å². The van der Waals surface area contributed by atoms with Crippen molar-refractivity contribution in [3.05, 3.63) is 106 Å². The van der Waals surface area contributed by atoms with Crippen molar-refractivity contribution in [3.8, 4) is 0 Å². The van der Waals surface area contributed by atoms with Gasteiger partial charge in [0.05, 0.1) is 36.8 Å². The van der Waals surface area contributed by atoms with Crippen LogP contribution < -0.4 is 21.3 Å². The van der Waals surface area contributed by atoms with Gasteiger partial charge in [-0.25, -0.2) is 19.2 Å². The van der Waals surface area contributed by atoms with Crippen LogP contribution in [0.4, 0.5) is 0 Å². The average Bonchev–Trinajstić information content (AvgIpc) is 3.27. The lowest BCUT2D eigenvalue weighted by Gasteiger charge is -2.22. The number of hydrogen-bond donors (Lipinski definition) is 10. The molecule has 3 rings (SSSR count). The fourth-order valence-electron chi connectivity index (χ4n) is 5.68. The highest BCUT2D eigenvalue weighted by atomic mass is 16.5. The molecule has 4 amide bonds. The van der Waals surface area contributed by atoms with E-state index in [-0.39, 0.29) is 0 Å². The minimum atomic E-state index is -2.34. The Labute approximate surface area is 380 Å². The van der Waals surface area contributed by atoms with Crippen LogP contribution in [-0.2, 0) is 70.6 Å². The first kappa shape index (κ1) is 53.0. The van der Waals surface area contributed by atoms with Gasteiger partial charge in [0.2, 0.25) is 11.8 Å². The van der Waals surface area contributed by atoms with Gasteiger partial charge in [-0.05, 0) is 23.3 Å². The molecule has 0 heterocycles. The van der Waals surface area contributed by atoms with Gasteiger partial charge in [0.1, 0.15) is 37.4 Å². The molecule has 10 N–H and O–H groups in total. The maximum absolute atomic E-state index is 14.1. The lowest BCUT2D eigenvalue weighted by Crippen LogP contribution is -2.53. The van der Waals surface area contributed by atoms with Crippen molar-refractivity contribution in [1.29, 1.82) is 0 Å². The summed E-state index contributed by atoms with van der Waals surface area (Å²) in [6, 6.07) is 6.62. The van der Waals surface area contributed by atoms with E-state index in [1.54, 1.807) is 22.8 Å². The van der Waals surface area contributed by atoms with Crippen molar-refractivity contribution in [3.63, 3.8) is 0 Å². The molecule has 26 nitrogen and oxygen atoms in total. The van der Waals surface area contributed by atoms with E-state index in [1.165, 1.54) is 48.5 Å². The van der Waals surface area contributed by atoms with Gasteiger partial charge < -0.3 is 61.4 Å². The number of benzene rings is 3. The van der Waals surface area contributed by atoms with Gasteiger partial charge in [0.25, 0.3) is 23.4 Å². The molecule has 0 bridgehead atoms. The summed E-state index contributed by atoms with van der Waals surface area (Å²) < 4.78 is 10.1. The largest absolute Gasteiger partial charge is 0.481 e. The second-order valence-corrected chi connectivity index (χ2v) is 14.0. The predicted octanol–water partition coefficient (Wildman–Crippen LogP) is -1.23. The molecule has 358 valence electrons. The Morgan fingerprint density at radius 3 is 0.971 bits per heavy atom. The number of Topliss-reactive ketones (excluding diaryl/α,β-unsaturated/α-hetero) is 2. The molecule has 4 atom stereocenters. The summed E-state index contributed by atoms with van der Waals surface area (Å²) in [5, 5.41) is 63.2. The summed E-state index contributed by atoms with van der Waals surface area (Å²) in [6.45, 7) is -1.20. The molecule has 26 heteroatoms. The van der Waals surface area contributed by atoms with E-state index in [2.05, 4.69) is 0 Å². The number of carboxylic acid groups (broad SMARTS) is 6. The Hall–Kier alpha value is -9.36.